The Bertz CT molecular complexity index is 417. The summed E-state index contributed by atoms with van der Waals surface area (Å²) in [6, 6.07) is 7.17. The van der Waals surface area contributed by atoms with Gasteiger partial charge in [0.1, 0.15) is 11.9 Å². The number of benzene rings is 1. The molecule has 1 N–H and O–H groups in total. The Morgan fingerprint density at radius 3 is 2.71 bits per heavy atom. The summed E-state index contributed by atoms with van der Waals surface area (Å²) in [6.07, 6.45) is -1.04. The standard InChI is InChI=1S/C10H7FN2O/c11-9-2-1-7(5-8(9)6-13)10(14)3-4-12/h1-2,5,10,14H,3H2. The van der Waals surface area contributed by atoms with Crippen molar-refractivity contribution in [1.29, 1.82) is 10.5 Å². The van der Waals surface area contributed by atoms with Crippen LogP contribution in [-0.4, -0.2) is 5.11 Å². The third-order valence-corrected chi connectivity index (χ3v) is 1.78. The summed E-state index contributed by atoms with van der Waals surface area (Å²) in [5.41, 5.74) is 0.254. The molecule has 1 atom stereocenters. The molecule has 1 unspecified atom stereocenters. The fourth-order valence-corrected chi connectivity index (χ4v) is 1.04. The van der Waals surface area contributed by atoms with Crippen LogP contribution in [0.3, 0.4) is 0 Å². The normalized spacial score (nSPS) is 11.4. The predicted molar refractivity (Wildman–Crippen MR) is 46.3 cm³/mol. The van der Waals surface area contributed by atoms with Crippen molar-refractivity contribution in [1.82, 2.24) is 0 Å². The summed E-state index contributed by atoms with van der Waals surface area (Å²) in [6.45, 7) is 0. The van der Waals surface area contributed by atoms with Gasteiger partial charge in [-0.15, -0.1) is 0 Å². The molecule has 0 aromatic heterocycles. The summed E-state index contributed by atoms with van der Waals surface area (Å²) in [4.78, 5) is 0. The van der Waals surface area contributed by atoms with Crippen LogP contribution >= 0.6 is 0 Å². The molecule has 0 aliphatic heterocycles. The quantitative estimate of drug-likeness (QED) is 0.770. The molecule has 3 nitrogen and oxygen atoms in total. The lowest BCUT2D eigenvalue weighted by molar-refractivity contribution is 0.183. The number of nitriles is 2. The Hall–Kier alpha value is -1.91. The van der Waals surface area contributed by atoms with Crippen LogP contribution in [0.5, 0.6) is 0 Å². The van der Waals surface area contributed by atoms with Gasteiger partial charge in [-0.1, -0.05) is 6.07 Å². The molecule has 0 amide bonds. The zero-order valence-corrected chi connectivity index (χ0v) is 7.24. The zero-order valence-electron chi connectivity index (χ0n) is 7.24. The first-order valence-corrected chi connectivity index (χ1v) is 3.93. The second-order valence-corrected chi connectivity index (χ2v) is 2.73. The van der Waals surface area contributed by atoms with Gasteiger partial charge in [0.2, 0.25) is 0 Å². The van der Waals surface area contributed by atoms with Crippen LogP contribution in [0.4, 0.5) is 4.39 Å². The SMILES string of the molecule is N#CCC(O)c1ccc(F)c(C#N)c1. The molecule has 0 saturated carbocycles. The van der Waals surface area contributed by atoms with E-state index in [0.717, 1.165) is 6.07 Å². The Balaban J connectivity index is 3.03. The highest BCUT2D eigenvalue weighted by Crippen LogP contribution is 2.18. The molecule has 14 heavy (non-hydrogen) atoms. The van der Waals surface area contributed by atoms with E-state index in [-0.39, 0.29) is 12.0 Å². The van der Waals surface area contributed by atoms with E-state index in [4.69, 9.17) is 10.5 Å². The average Bonchev–Trinajstić information content (AvgIpc) is 2.19. The van der Waals surface area contributed by atoms with Crippen LogP contribution in [-0.2, 0) is 0 Å². The highest BCUT2D eigenvalue weighted by molar-refractivity contribution is 5.35. The summed E-state index contributed by atoms with van der Waals surface area (Å²) in [7, 11) is 0. The largest absolute Gasteiger partial charge is 0.387 e. The van der Waals surface area contributed by atoms with Crippen LogP contribution in [0, 0.1) is 28.5 Å². The molecule has 70 valence electrons. The smallest absolute Gasteiger partial charge is 0.140 e. The highest BCUT2D eigenvalue weighted by Gasteiger charge is 2.09. The molecule has 4 heteroatoms. The number of hydrogen-bond donors (Lipinski definition) is 1. The Morgan fingerprint density at radius 1 is 1.43 bits per heavy atom. The number of nitrogens with zero attached hydrogens (tertiary/aromatic N) is 2. The predicted octanol–water partition coefficient (Wildman–Crippen LogP) is 1.64. The first kappa shape index (κ1) is 10.2. The van der Waals surface area contributed by atoms with E-state index >= 15 is 0 Å². The van der Waals surface area contributed by atoms with Crippen LogP contribution in [0.15, 0.2) is 18.2 Å². The minimum atomic E-state index is -0.965. The number of aliphatic hydroxyl groups is 1. The highest BCUT2D eigenvalue weighted by atomic mass is 19.1. The van der Waals surface area contributed by atoms with Crippen molar-refractivity contribution in [2.24, 2.45) is 0 Å². The second kappa shape index (κ2) is 4.36. The fourth-order valence-electron chi connectivity index (χ4n) is 1.04. The summed E-state index contributed by atoms with van der Waals surface area (Å²) >= 11 is 0. The maximum atomic E-state index is 12.9. The van der Waals surface area contributed by atoms with Crippen molar-refractivity contribution >= 4 is 0 Å². The third-order valence-electron chi connectivity index (χ3n) is 1.78. The van der Waals surface area contributed by atoms with E-state index in [1.54, 1.807) is 12.1 Å². The molecule has 1 aromatic carbocycles. The maximum Gasteiger partial charge on any atom is 0.140 e. The maximum absolute atomic E-state index is 12.9. The summed E-state index contributed by atoms with van der Waals surface area (Å²) in [5.74, 6) is -0.625. The van der Waals surface area contributed by atoms with Crippen molar-refractivity contribution in [3.8, 4) is 12.1 Å². The van der Waals surface area contributed by atoms with Gasteiger partial charge in [0, 0.05) is 0 Å². The summed E-state index contributed by atoms with van der Waals surface area (Å²) < 4.78 is 12.9. The molecule has 0 heterocycles. The van der Waals surface area contributed by atoms with Gasteiger partial charge in [-0.25, -0.2) is 4.39 Å². The average molecular weight is 190 g/mol. The molecule has 0 spiro atoms. The molecule has 0 radical (unpaired) electrons. The molecule has 1 aromatic rings. The number of aliphatic hydroxyl groups excluding tert-OH is 1. The van der Waals surface area contributed by atoms with Gasteiger partial charge in [0.15, 0.2) is 0 Å². The third kappa shape index (κ3) is 2.07. The summed E-state index contributed by atoms with van der Waals surface area (Å²) in [5, 5.41) is 26.2. The van der Waals surface area contributed by atoms with Crippen molar-refractivity contribution in [2.45, 2.75) is 12.5 Å². The van der Waals surface area contributed by atoms with Gasteiger partial charge in [0.05, 0.1) is 24.2 Å². The van der Waals surface area contributed by atoms with Crippen LogP contribution in [0.25, 0.3) is 0 Å². The Kier molecular flexibility index (Phi) is 3.17. The number of halogens is 1. The van der Waals surface area contributed by atoms with E-state index in [9.17, 15) is 9.50 Å². The molecule has 1 rings (SSSR count). The number of hydrogen-bond acceptors (Lipinski definition) is 3. The van der Waals surface area contributed by atoms with Gasteiger partial charge in [-0.2, -0.15) is 10.5 Å². The van der Waals surface area contributed by atoms with Crippen LogP contribution in [0.2, 0.25) is 0 Å². The molecule has 0 aliphatic rings. The van der Waals surface area contributed by atoms with E-state index in [2.05, 4.69) is 0 Å². The lowest BCUT2D eigenvalue weighted by Gasteiger charge is -2.06. The topological polar surface area (TPSA) is 67.8 Å². The van der Waals surface area contributed by atoms with Crippen molar-refractivity contribution < 1.29 is 9.50 Å². The monoisotopic (exact) mass is 190 g/mol. The molecule has 0 saturated heterocycles. The van der Waals surface area contributed by atoms with E-state index in [1.807, 2.05) is 0 Å². The Morgan fingerprint density at radius 2 is 2.14 bits per heavy atom. The molecular weight excluding hydrogens is 183 g/mol. The first-order valence-electron chi connectivity index (χ1n) is 3.93. The zero-order chi connectivity index (χ0) is 10.6. The minimum Gasteiger partial charge on any atom is -0.387 e. The minimum absolute atomic E-state index is 0.0729. The van der Waals surface area contributed by atoms with E-state index in [1.165, 1.54) is 12.1 Å². The van der Waals surface area contributed by atoms with E-state index in [0.29, 0.717) is 5.56 Å². The molecule has 0 bridgehead atoms. The van der Waals surface area contributed by atoms with Crippen LogP contribution in [0.1, 0.15) is 23.7 Å². The fraction of sp³-hybridized carbons (Fsp3) is 0.200. The van der Waals surface area contributed by atoms with Gasteiger partial charge in [-0.3, -0.25) is 0 Å². The van der Waals surface area contributed by atoms with Crippen molar-refractivity contribution in [3.05, 3.63) is 35.1 Å². The van der Waals surface area contributed by atoms with Gasteiger partial charge in [-0.05, 0) is 17.7 Å². The number of rotatable bonds is 2. The Labute approximate surface area is 80.6 Å². The molecular formula is C10H7FN2O. The van der Waals surface area contributed by atoms with E-state index < -0.39 is 11.9 Å². The molecule has 0 fully saturated rings. The lowest BCUT2D eigenvalue weighted by Crippen LogP contribution is -1.97. The van der Waals surface area contributed by atoms with Crippen LogP contribution < -0.4 is 0 Å². The second-order valence-electron chi connectivity index (χ2n) is 2.73. The molecule has 0 aliphatic carbocycles. The van der Waals surface area contributed by atoms with Gasteiger partial charge in [0.25, 0.3) is 0 Å². The lowest BCUT2D eigenvalue weighted by atomic mass is 10.0. The first-order chi connectivity index (χ1) is 6.69. The van der Waals surface area contributed by atoms with Gasteiger partial charge >= 0.3 is 0 Å². The van der Waals surface area contributed by atoms with Gasteiger partial charge < -0.3 is 5.11 Å². The van der Waals surface area contributed by atoms with Crippen molar-refractivity contribution in [2.75, 3.05) is 0 Å². The van der Waals surface area contributed by atoms with Crippen molar-refractivity contribution in [3.63, 3.8) is 0 Å².